The number of fused-ring (bicyclic) bond motifs is 5. The van der Waals surface area contributed by atoms with Gasteiger partial charge in [-0.1, -0.05) is 109 Å². The third kappa shape index (κ3) is 2.74. The summed E-state index contributed by atoms with van der Waals surface area (Å²) in [5, 5.41) is 2.40. The normalized spacial score (nSPS) is 16.6. The van der Waals surface area contributed by atoms with Crippen LogP contribution in [-0.4, -0.2) is 0 Å². The number of benzene rings is 6. The maximum Gasteiger partial charge on any atom is 0.135 e. The molecule has 174 valence electrons. The summed E-state index contributed by atoms with van der Waals surface area (Å²) in [4.78, 5) is 0. The summed E-state index contributed by atoms with van der Waals surface area (Å²) >= 11 is 0. The molecule has 0 fully saturated rings. The minimum absolute atomic E-state index is 0.206. The van der Waals surface area contributed by atoms with Gasteiger partial charge in [0, 0.05) is 16.4 Å². The summed E-state index contributed by atoms with van der Waals surface area (Å²) in [7, 11) is 0. The predicted molar refractivity (Wildman–Crippen MR) is 152 cm³/mol. The SMILES string of the molecule is CC1(c2ccccc2)c2ccccc2-c2c(-c3ccc4c(c3)Oc3cccc5cccc-4c35)cccc21. The van der Waals surface area contributed by atoms with Crippen molar-refractivity contribution in [2.45, 2.75) is 12.3 Å². The highest BCUT2D eigenvalue weighted by molar-refractivity contribution is 6.04. The summed E-state index contributed by atoms with van der Waals surface area (Å²) in [6.07, 6.45) is 0. The van der Waals surface area contributed by atoms with E-state index >= 15 is 0 Å². The first-order valence-electron chi connectivity index (χ1n) is 12.9. The van der Waals surface area contributed by atoms with Crippen molar-refractivity contribution in [3.63, 3.8) is 0 Å². The summed E-state index contributed by atoms with van der Waals surface area (Å²) in [5.41, 5.74) is 11.3. The van der Waals surface area contributed by atoms with Crippen LogP contribution in [0.4, 0.5) is 0 Å². The topological polar surface area (TPSA) is 9.23 Å². The molecule has 0 radical (unpaired) electrons. The van der Waals surface area contributed by atoms with E-state index in [-0.39, 0.29) is 5.41 Å². The Kier molecular flexibility index (Phi) is 4.14. The van der Waals surface area contributed by atoms with Gasteiger partial charge in [0.05, 0.1) is 0 Å². The smallest absolute Gasteiger partial charge is 0.135 e. The largest absolute Gasteiger partial charge is 0.456 e. The van der Waals surface area contributed by atoms with E-state index in [2.05, 4.69) is 134 Å². The average molecular weight is 473 g/mol. The number of hydrogen-bond donors (Lipinski definition) is 0. The molecular formula is C36H24O. The van der Waals surface area contributed by atoms with E-state index in [0.29, 0.717) is 0 Å². The molecule has 1 aliphatic carbocycles. The fourth-order valence-corrected chi connectivity index (χ4v) is 6.60. The van der Waals surface area contributed by atoms with Crippen LogP contribution in [0, 0.1) is 0 Å². The quantitative estimate of drug-likeness (QED) is 0.243. The molecule has 1 heterocycles. The summed E-state index contributed by atoms with van der Waals surface area (Å²) in [6, 6.07) is 46.0. The lowest BCUT2D eigenvalue weighted by atomic mass is 9.74. The van der Waals surface area contributed by atoms with Gasteiger partial charge in [-0.15, -0.1) is 0 Å². The maximum absolute atomic E-state index is 6.51. The van der Waals surface area contributed by atoms with Crippen molar-refractivity contribution in [1.82, 2.24) is 0 Å². The highest BCUT2D eigenvalue weighted by Gasteiger charge is 2.41. The van der Waals surface area contributed by atoms with E-state index in [0.717, 1.165) is 17.1 Å². The Morgan fingerprint density at radius 2 is 1.22 bits per heavy atom. The van der Waals surface area contributed by atoms with Crippen molar-refractivity contribution in [2.24, 2.45) is 0 Å². The minimum Gasteiger partial charge on any atom is -0.456 e. The number of hydrogen-bond acceptors (Lipinski definition) is 1. The van der Waals surface area contributed by atoms with Gasteiger partial charge in [0.15, 0.2) is 0 Å². The standard InChI is InChI=1S/C36H24O/c1-36(25-12-3-2-4-13-25)30-17-6-5-14-29(30)35-26(15-9-18-31(35)36)24-20-21-27-28-16-7-10-23-11-8-19-32(34(23)28)37-33(27)22-24/h2-22H,1H3. The molecule has 0 aromatic heterocycles. The Bertz CT molecular complexity index is 1860. The van der Waals surface area contributed by atoms with Gasteiger partial charge < -0.3 is 4.74 Å². The molecule has 1 atom stereocenters. The van der Waals surface area contributed by atoms with Crippen LogP contribution in [-0.2, 0) is 5.41 Å². The molecular weight excluding hydrogens is 448 g/mol. The molecule has 6 aromatic rings. The fourth-order valence-electron chi connectivity index (χ4n) is 6.60. The van der Waals surface area contributed by atoms with Crippen LogP contribution in [0.15, 0.2) is 127 Å². The Morgan fingerprint density at radius 1 is 0.514 bits per heavy atom. The van der Waals surface area contributed by atoms with Gasteiger partial charge >= 0.3 is 0 Å². The van der Waals surface area contributed by atoms with Crippen LogP contribution in [0.3, 0.4) is 0 Å². The van der Waals surface area contributed by atoms with Crippen LogP contribution in [0.25, 0.3) is 44.2 Å². The fraction of sp³-hybridized carbons (Fsp3) is 0.0556. The van der Waals surface area contributed by atoms with Gasteiger partial charge in [-0.05, 0) is 75.0 Å². The molecule has 8 rings (SSSR count). The Labute approximate surface area is 216 Å². The van der Waals surface area contributed by atoms with Crippen molar-refractivity contribution >= 4 is 10.8 Å². The summed E-state index contributed by atoms with van der Waals surface area (Å²) in [5.74, 6) is 1.84. The van der Waals surface area contributed by atoms with E-state index in [9.17, 15) is 0 Å². The molecule has 1 heteroatoms. The third-order valence-corrected chi connectivity index (χ3v) is 8.36. The van der Waals surface area contributed by atoms with Gasteiger partial charge in [0.1, 0.15) is 11.5 Å². The minimum atomic E-state index is -0.206. The first kappa shape index (κ1) is 20.6. The van der Waals surface area contributed by atoms with Crippen LogP contribution < -0.4 is 4.74 Å². The van der Waals surface area contributed by atoms with Crippen molar-refractivity contribution in [3.05, 3.63) is 144 Å². The van der Waals surface area contributed by atoms with Gasteiger partial charge in [-0.3, -0.25) is 0 Å². The molecule has 0 spiro atoms. The lowest BCUT2D eigenvalue weighted by molar-refractivity contribution is 0.487. The highest BCUT2D eigenvalue weighted by Crippen LogP contribution is 2.55. The Morgan fingerprint density at radius 3 is 2.11 bits per heavy atom. The molecule has 6 aromatic carbocycles. The van der Waals surface area contributed by atoms with E-state index < -0.39 is 0 Å². The zero-order valence-electron chi connectivity index (χ0n) is 20.5. The summed E-state index contributed by atoms with van der Waals surface area (Å²) < 4.78 is 6.51. The average Bonchev–Trinajstić information content (AvgIpc) is 3.23. The molecule has 37 heavy (non-hydrogen) atoms. The molecule has 2 aliphatic rings. The van der Waals surface area contributed by atoms with E-state index in [1.165, 1.54) is 55.3 Å². The third-order valence-electron chi connectivity index (χ3n) is 8.36. The first-order valence-corrected chi connectivity index (χ1v) is 12.9. The molecule has 0 bridgehead atoms. The highest BCUT2D eigenvalue weighted by atomic mass is 16.5. The zero-order valence-corrected chi connectivity index (χ0v) is 20.5. The van der Waals surface area contributed by atoms with Crippen LogP contribution in [0.2, 0.25) is 0 Å². The second-order valence-corrected chi connectivity index (χ2v) is 10.2. The van der Waals surface area contributed by atoms with Gasteiger partial charge in [-0.2, -0.15) is 0 Å². The van der Waals surface area contributed by atoms with Crippen molar-refractivity contribution in [3.8, 4) is 44.9 Å². The second-order valence-electron chi connectivity index (χ2n) is 10.2. The molecule has 0 saturated heterocycles. The summed E-state index contributed by atoms with van der Waals surface area (Å²) in [6.45, 7) is 2.37. The van der Waals surface area contributed by atoms with Gasteiger partial charge in [0.2, 0.25) is 0 Å². The molecule has 1 nitrogen and oxygen atoms in total. The van der Waals surface area contributed by atoms with Gasteiger partial charge in [-0.25, -0.2) is 0 Å². The van der Waals surface area contributed by atoms with Crippen LogP contribution >= 0.6 is 0 Å². The number of ether oxygens (including phenoxy) is 1. The Hall–Kier alpha value is -4.62. The van der Waals surface area contributed by atoms with E-state index in [1.807, 2.05) is 0 Å². The van der Waals surface area contributed by atoms with Crippen molar-refractivity contribution in [2.75, 3.05) is 0 Å². The van der Waals surface area contributed by atoms with Crippen molar-refractivity contribution < 1.29 is 4.74 Å². The maximum atomic E-state index is 6.51. The molecule has 1 aliphatic heterocycles. The number of rotatable bonds is 2. The monoisotopic (exact) mass is 472 g/mol. The zero-order chi connectivity index (χ0) is 24.6. The van der Waals surface area contributed by atoms with Gasteiger partial charge in [0.25, 0.3) is 0 Å². The lowest BCUT2D eigenvalue weighted by Crippen LogP contribution is -2.22. The Balaban J connectivity index is 1.35. The van der Waals surface area contributed by atoms with Crippen LogP contribution in [0.5, 0.6) is 11.5 Å². The first-order chi connectivity index (χ1) is 18.2. The van der Waals surface area contributed by atoms with Crippen molar-refractivity contribution in [1.29, 1.82) is 0 Å². The molecule has 0 saturated carbocycles. The molecule has 0 N–H and O–H groups in total. The lowest BCUT2D eigenvalue weighted by Gasteiger charge is -2.28. The van der Waals surface area contributed by atoms with E-state index in [1.54, 1.807) is 0 Å². The van der Waals surface area contributed by atoms with E-state index in [4.69, 9.17) is 4.74 Å². The molecule has 1 unspecified atom stereocenters. The molecule has 0 amide bonds. The predicted octanol–water partition coefficient (Wildman–Crippen LogP) is 9.61. The van der Waals surface area contributed by atoms with Crippen LogP contribution in [0.1, 0.15) is 23.6 Å². The second kappa shape index (κ2) is 7.44.